The number of imide groups is 1. The van der Waals surface area contributed by atoms with E-state index in [0.717, 1.165) is 0 Å². The number of ketones is 1. The highest BCUT2D eigenvalue weighted by atomic mass is 16.5. The maximum atomic E-state index is 12.8. The molecule has 1 N–H and O–H groups in total. The SMILES string of the molecule is CC(OCC(C)(C)N1C(=O)c2ccccc2C1=O)C(=O)c1ccc2c(c1)NC(=O)CO2. The summed E-state index contributed by atoms with van der Waals surface area (Å²) in [4.78, 5) is 51.0. The number of fused-ring (bicyclic) bond motifs is 2. The van der Waals surface area contributed by atoms with Crippen LogP contribution in [0.2, 0.25) is 0 Å². The number of nitrogens with one attached hydrogen (secondary N) is 1. The van der Waals surface area contributed by atoms with Crippen LogP contribution in [0.25, 0.3) is 0 Å². The lowest BCUT2D eigenvalue weighted by atomic mass is 10.0. The predicted molar refractivity (Wildman–Crippen MR) is 111 cm³/mol. The van der Waals surface area contributed by atoms with Gasteiger partial charge in [0.05, 0.1) is 29.0 Å². The molecule has 2 aromatic rings. The number of hydrogen-bond donors (Lipinski definition) is 1. The highest BCUT2D eigenvalue weighted by Crippen LogP contribution is 2.31. The maximum absolute atomic E-state index is 12.8. The summed E-state index contributed by atoms with van der Waals surface area (Å²) in [5, 5.41) is 2.67. The number of anilines is 1. The Morgan fingerprint density at radius 1 is 1.13 bits per heavy atom. The first kappa shape index (κ1) is 20.7. The van der Waals surface area contributed by atoms with Crippen LogP contribution >= 0.6 is 0 Å². The summed E-state index contributed by atoms with van der Waals surface area (Å²) in [5.41, 5.74) is 0.557. The molecule has 2 aliphatic rings. The number of hydrogen-bond acceptors (Lipinski definition) is 6. The van der Waals surface area contributed by atoms with Crippen LogP contribution in [0.4, 0.5) is 5.69 Å². The minimum Gasteiger partial charge on any atom is -0.482 e. The third kappa shape index (κ3) is 3.70. The Kier molecular flexibility index (Phi) is 5.10. The molecule has 31 heavy (non-hydrogen) atoms. The lowest BCUT2D eigenvalue weighted by Crippen LogP contribution is -2.51. The molecule has 0 saturated carbocycles. The number of benzene rings is 2. The molecule has 8 nitrogen and oxygen atoms in total. The summed E-state index contributed by atoms with van der Waals surface area (Å²) in [6.45, 7) is 4.97. The molecule has 0 radical (unpaired) electrons. The number of Topliss-reactive ketones (excluding diaryl/α,β-unsaturated/α-hetero) is 1. The topological polar surface area (TPSA) is 102 Å². The van der Waals surface area contributed by atoms with Crippen molar-refractivity contribution < 1.29 is 28.7 Å². The summed E-state index contributed by atoms with van der Waals surface area (Å²) in [5.74, 6) is -0.835. The Bertz CT molecular complexity index is 1070. The summed E-state index contributed by atoms with van der Waals surface area (Å²) in [7, 11) is 0. The van der Waals surface area contributed by atoms with E-state index >= 15 is 0 Å². The second-order valence-corrected chi connectivity index (χ2v) is 8.17. The average Bonchev–Trinajstić information content (AvgIpc) is 3.02. The monoisotopic (exact) mass is 422 g/mol. The molecule has 0 fully saturated rings. The standard InChI is InChI=1S/C23H22N2O6/c1-13(20(27)14-8-9-18-17(10-14)24-19(26)11-30-18)31-12-23(2,3)25-21(28)15-6-4-5-7-16(15)22(25)29/h4-10,13H,11-12H2,1-3H3,(H,24,26). The molecule has 3 amide bonds. The Balaban J connectivity index is 1.45. The fourth-order valence-electron chi connectivity index (χ4n) is 3.68. The van der Waals surface area contributed by atoms with Crippen molar-refractivity contribution in [3.8, 4) is 5.75 Å². The molecule has 8 heteroatoms. The van der Waals surface area contributed by atoms with E-state index in [9.17, 15) is 19.2 Å². The lowest BCUT2D eigenvalue weighted by Gasteiger charge is -2.34. The summed E-state index contributed by atoms with van der Waals surface area (Å²) < 4.78 is 11.1. The molecule has 2 aliphatic heterocycles. The van der Waals surface area contributed by atoms with Crippen LogP contribution in [-0.4, -0.2) is 53.3 Å². The van der Waals surface area contributed by atoms with Gasteiger partial charge in [0.2, 0.25) is 0 Å². The van der Waals surface area contributed by atoms with Crippen LogP contribution in [0.3, 0.4) is 0 Å². The molecular weight excluding hydrogens is 400 g/mol. The van der Waals surface area contributed by atoms with E-state index in [2.05, 4.69) is 5.32 Å². The first-order valence-electron chi connectivity index (χ1n) is 9.89. The van der Waals surface area contributed by atoms with Gasteiger partial charge in [-0.25, -0.2) is 0 Å². The molecule has 0 aromatic heterocycles. The minimum absolute atomic E-state index is 0.0177. The van der Waals surface area contributed by atoms with Crippen molar-refractivity contribution in [3.05, 3.63) is 59.2 Å². The van der Waals surface area contributed by atoms with Gasteiger partial charge >= 0.3 is 0 Å². The smallest absolute Gasteiger partial charge is 0.262 e. The molecule has 0 aliphatic carbocycles. The molecule has 1 unspecified atom stereocenters. The maximum Gasteiger partial charge on any atom is 0.262 e. The van der Waals surface area contributed by atoms with Crippen LogP contribution in [0.1, 0.15) is 51.8 Å². The van der Waals surface area contributed by atoms with E-state index in [1.807, 2.05) is 0 Å². The summed E-state index contributed by atoms with van der Waals surface area (Å²) in [6, 6.07) is 11.4. The lowest BCUT2D eigenvalue weighted by molar-refractivity contribution is -0.118. The second-order valence-electron chi connectivity index (χ2n) is 8.17. The minimum atomic E-state index is -0.959. The Morgan fingerprint density at radius 3 is 2.42 bits per heavy atom. The van der Waals surface area contributed by atoms with Gasteiger partial charge in [-0.1, -0.05) is 12.1 Å². The van der Waals surface area contributed by atoms with Crippen LogP contribution in [0.15, 0.2) is 42.5 Å². The Morgan fingerprint density at radius 2 is 1.77 bits per heavy atom. The first-order chi connectivity index (χ1) is 14.7. The van der Waals surface area contributed by atoms with Gasteiger partial charge in [0.1, 0.15) is 11.9 Å². The molecule has 2 aromatic carbocycles. The number of carbonyl (C=O) groups is 4. The highest BCUT2D eigenvalue weighted by Gasteiger charge is 2.44. The van der Waals surface area contributed by atoms with Crippen molar-refractivity contribution in [1.82, 2.24) is 4.90 Å². The van der Waals surface area contributed by atoms with Crippen LogP contribution < -0.4 is 10.1 Å². The number of amides is 3. The van der Waals surface area contributed by atoms with Gasteiger partial charge in [-0.2, -0.15) is 0 Å². The van der Waals surface area contributed by atoms with Gasteiger partial charge in [-0.15, -0.1) is 0 Å². The van der Waals surface area contributed by atoms with E-state index in [1.54, 1.807) is 63.2 Å². The zero-order valence-electron chi connectivity index (χ0n) is 17.4. The molecule has 1 atom stereocenters. The van der Waals surface area contributed by atoms with E-state index in [1.165, 1.54) is 4.90 Å². The fourth-order valence-corrected chi connectivity index (χ4v) is 3.68. The van der Waals surface area contributed by atoms with E-state index in [-0.39, 0.29) is 36.7 Å². The molecule has 0 bridgehead atoms. The van der Waals surface area contributed by atoms with Gasteiger partial charge in [0.15, 0.2) is 12.4 Å². The molecule has 160 valence electrons. The van der Waals surface area contributed by atoms with Crippen molar-refractivity contribution in [2.24, 2.45) is 0 Å². The van der Waals surface area contributed by atoms with Gasteiger partial charge < -0.3 is 14.8 Å². The Hall–Kier alpha value is -3.52. The first-order valence-corrected chi connectivity index (χ1v) is 9.89. The number of ether oxygens (including phenoxy) is 2. The number of nitrogens with zero attached hydrogens (tertiary/aromatic N) is 1. The number of rotatable bonds is 6. The molecule has 0 saturated heterocycles. The van der Waals surface area contributed by atoms with E-state index < -0.39 is 11.6 Å². The fraction of sp³-hybridized carbons (Fsp3) is 0.304. The van der Waals surface area contributed by atoms with Gasteiger partial charge in [0.25, 0.3) is 17.7 Å². The van der Waals surface area contributed by atoms with Crippen molar-refractivity contribution in [2.45, 2.75) is 32.4 Å². The predicted octanol–water partition coefficient (Wildman–Crippen LogP) is 2.68. The number of carbonyl (C=O) groups excluding carboxylic acids is 4. The normalized spacial score (nSPS) is 16.4. The van der Waals surface area contributed by atoms with Crippen LogP contribution in [0, 0.1) is 0 Å². The van der Waals surface area contributed by atoms with Crippen molar-refractivity contribution in [1.29, 1.82) is 0 Å². The summed E-state index contributed by atoms with van der Waals surface area (Å²) in [6.07, 6.45) is -0.826. The van der Waals surface area contributed by atoms with Crippen molar-refractivity contribution >= 4 is 29.2 Å². The van der Waals surface area contributed by atoms with E-state index in [0.29, 0.717) is 28.1 Å². The molecule has 0 spiro atoms. The Labute approximate surface area is 179 Å². The van der Waals surface area contributed by atoms with Crippen LogP contribution in [0.5, 0.6) is 5.75 Å². The second kappa shape index (κ2) is 7.63. The van der Waals surface area contributed by atoms with E-state index in [4.69, 9.17) is 9.47 Å². The molecular formula is C23H22N2O6. The summed E-state index contributed by atoms with van der Waals surface area (Å²) >= 11 is 0. The largest absolute Gasteiger partial charge is 0.482 e. The average molecular weight is 422 g/mol. The van der Waals surface area contributed by atoms with Gasteiger partial charge in [-0.05, 0) is 51.1 Å². The zero-order valence-corrected chi connectivity index (χ0v) is 17.4. The van der Waals surface area contributed by atoms with Crippen molar-refractivity contribution in [2.75, 3.05) is 18.5 Å². The zero-order chi connectivity index (χ0) is 22.3. The third-order valence-corrected chi connectivity index (χ3v) is 5.35. The molecule has 2 heterocycles. The third-order valence-electron chi connectivity index (χ3n) is 5.35. The molecule has 4 rings (SSSR count). The van der Waals surface area contributed by atoms with Gasteiger partial charge in [0, 0.05) is 5.56 Å². The van der Waals surface area contributed by atoms with Gasteiger partial charge in [-0.3, -0.25) is 24.1 Å². The van der Waals surface area contributed by atoms with Crippen molar-refractivity contribution in [3.63, 3.8) is 0 Å². The highest BCUT2D eigenvalue weighted by molar-refractivity contribution is 6.21. The van der Waals surface area contributed by atoms with Crippen LogP contribution in [-0.2, 0) is 9.53 Å². The quantitative estimate of drug-likeness (QED) is 0.567.